The summed E-state index contributed by atoms with van der Waals surface area (Å²) in [6.45, 7) is 2.17. The third-order valence-corrected chi connectivity index (χ3v) is 5.61. The van der Waals surface area contributed by atoms with Gasteiger partial charge in [0.25, 0.3) is 5.95 Å². The maximum atomic E-state index is 12.8. The van der Waals surface area contributed by atoms with Crippen LogP contribution in [0, 0.1) is 0 Å². The van der Waals surface area contributed by atoms with Crippen LogP contribution in [0.1, 0.15) is 6.92 Å². The molecule has 0 saturated heterocycles. The Bertz CT molecular complexity index is 1160. The first-order chi connectivity index (χ1) is 13.7. The summed E-state index contributed by atoms with van der Waals surface area (Å²) in [5, 5.41) is 0. The van der Waals surface area contributed by atoms with Crippen molar-refractivity contribution in [2.45, 2.75) is 11.8 Å². The molecule has 0 saturated carbocycles. The number of anilines is 1. The van der Waals surface area contributed by atoms with E-state index < -0.39 is 15.5 Å². The van der Waals surface area contributed by atoms with Gasteiger partial charge in [-0.2, -0.15) is 0 Å². The van der Waals surface area contributed by atoms with E-state index in [9.17, 15) is 13.2 Å². The average molecular weight is 413 g/mol. The largest absolute Gasteiger partial charge is 0.465 e. The molecule has 0 atom stereocenters. The number of ether oxygens (including phenoxy) is 1. The molecule has 0 aliphatic rings. The molecular formula is C22H23NO5S. The van der Waals surface area contributed by atoms with E-state index in [1.54, 1.807) is 18.2 Å². The predicted molar refractivity (Wildman–Crippen MR) is 114 cm³/mol. The Kier molecular flexibility index (Phi) is 5.79. The van der Waals surface area contributed by atoms with Crippen molar-refractivity contribution >= 4 is 15.5 Å². The van der Waals surface area contributed by atoms with Crippen molar-refractivity contribution in [3.05, 3.63) is 65.0 Å². The fourth-order valence-corrected chi connectivity index (χ4v) is 3.62. The van der Waals surface area contributed by atoms with E-state index >= 15 is 0 Å². The molecule has 7 heteroatoms. The van der Waals surface area contributed by atoms with Gasteiger partial charge in [0.2, 0.25) is 0 Å². The molecule has 0 spiro atoms. The van der Waals surface area contributed by atoms with E-state index in [0.29, 0.717) is 23.3 Å². The molecule has 0 N–H and O–H groups in total. The smallest absolute Gasteiger partial charge is 0.347 e. The van der Waals surface area contributed by atoms with Crippen LogP contribution in [0.2, 0.25) is 0 Å². The van der Waals surface area contributed by atoms with Crippen LogP contribution >= 0.6 is 0 Å². The molecule has 0 radical (unpaired) electrons. The molecule has 1 aromatic heterocycles. The van der Waals surface area contributed by atoms with Crippen LogP contribution in [0.4, 0.5) is 5.69 Å². The highest BCUT2D eigenvalue weighted by atomic mass is 32.2. The van der Waals surface area contributed by atoms with E-state index in [2.05, 4.69) is 0 Å². The van der Waals surface area contributed by atoms with Gasteiger partial charge in [0.1, 0.15) is 0 Å². The second-order valence-corrected chi connectivity index (χ2v) is 8.83. The standard InChI is InChI=1S/C22H23NO5S/c1-5-27-20-14-19(15-6-10-17(11-7-15)23(2)3)21(22(24)28-20)16-8-12-18(13-9-16)29(4,25)26/h6-14H,5H2,1-4H3. The highest BCUT2D eigenvalue weighted by Gasteiger charge is 2.17. The van der Waals surface area contributed by atoms with Crippen molar-refractivity contribution in [1.82, 2.24) is 0 Å². The summed E-state index contributed by atoms with van der Waals surface area (Å²) < 4.78 is 34.2. The first-order valence-electron chi connectivity index (χ1n) is 9.10. The van der Waals surface area contributed by atoms with Crippen molar-refractivity contribution in [2.75, 3.05) is 31.9 Å². The zero-order chi connectivity index (χ0) is 21.2. The normalized spacial score (nSPS) is 11.3. The SMILES string of the molecule is CCOc1cc(-c2ccc(N(C)C)cc2)c(-c2ccc(S(C)(=O)=O)cc2)c(=O)o1. The summed E-state index contributed by atoms with van der Waals surface area (Å²) in [4.78, 5) is 15.0. The van der Waals surface area contributed by atoms with Gasteiger partial charge in [0, 0.05) is 37.7 Å². The number of sulfone groups is 1. The van der Waals surface area contributed by atoms with Crippen molar-refractivity contribution in [3.8, 4) is 28.2 Å². The average Bonchev–Trinajstić information content (AvgIpc) is 2.67. The number of hydrogen-bond donors (Lipinski definition) is 0. The summed E-state index contributed by atoms with van der Waals surface area (Å²) in [7, 11) is 0.578. The van der Waals surface area contributed by atoms with Gasteiger partial charge in [-0.1, -0.05) is 24.3 Å². The second-order valence-electron chi connectivity index (χ2n) is 6.81. The van der Waals surface area contributed by atoms with E-state index in [1.165, 1.54) is 12.1 Å². The van der Waals surface area contributed by atoms with Crippen LogP contribution in [-0.2, 0) is 9.84 Å². The van der Waals surface area contributed by atoms with E-state index in [1.807, 2.05) is 50.2 Å². The molecule has 0 unspecified atom stereocenters. The van der Waals surface area contributed by atoms with Crippen molar-refractivity contribution in [3.63, 3.8) is 0 Å². The van der Waals surface area contributed by atoms with Gasteiger partial charge < -0.3 is 14.1 Å². The van der Waals surface area contributed by atoms with Crippen LogP contribution < -0.4 is 15.3 Å². The molecular weight excluding hydrogens is 390 g/mol. The lowest BCUT2D eigenvalue weighted by atomic mass is 9.96. The topological polar surface area (TPSA) is 76.8 Å². The molecule has 0 aliphatic heterocycles. The molecule has 6 nitrogen and oxygen atoms in total. The lowest BCUT2D eigenvalue weighted by molar-refractivity contribution is 0.244. The number of hydrogen-bond acceptors (Lipinski definition) is 6. The Labute approximate surface area is 170 Å². The molecule has 0 bridgehead atoms. The number of nitrogens with zero attached hydrogens (tertiary/aromatic N) is 1. The summed E-state index contributed by atoms with van der Waals surface area (Å²) in [5.41, 5.74) is 2.89. The quantitative estimate of drug-likeness (QED) is 0.611. The van der Waals surface area contributed by atoms with Gasteiger partial charge in [-0.3, -0.25) is 0 Å². The van der Waals surface area contributed by atoms with Crippen LogP contribution in [0.3, 0.4) is 0 Å². The lowest BCUT2D eigenvalue weighted by Crippen LogP contribution is -2.09. The van der Waals surface area contributed by atoms with E-state index in [4.69, 9.17) is 9.15 Å². The molecule has 2 aromatic carbocycles. The molecule has 152 valence electrons. The lowest BCUT2D eigenvalue weighted by Gasteiger charge is -2.14. The second kappa shape index (κ2) is 8.13. The fourth-order valence-electron chi connectivity index (χ4n) is 2.99. The molecule has 0 amide bonds. The van der Waals surface area contributed by atoms with E-state index in [0.717, 1.165) is 17.5 Å². The van der Waals surface area contributed by atoms with Crippen LogP contribution in [0.25, 0.3) is 22.3 Å². The van der Waals surface area contributed by atoms with Crippen molar-refractivity contribution in [2.24, 2.45) is 0 Å². The van der Waals surface area contributed by atoms with Crippen LogP contribution in [0.15, 0.2) is 68.7 Å². The fraction of sp³-hybridized carbons (Fsp3) is 0.227. The first kappa shape index (κ1) is 20.7. The van der Waals surface area contributed by atoms with Gasteiger partial charge in [0.05, 0.1) is 17.1 Å². The minimum atomic E-state index is -3.33. The zero-order valence-corrected chi connectivity index (χ0v) is 17.6. The van der Waals surface area contributed by atoms with Gasteiger partial charge in [-0.25, -0.2) is 13.2 Å². The van der Waals surface area contributed by atoms with E-state index in [-0.39, 0.29) is 10.8 Å². The Morgan fingerprint density at radius 1 is 0.966 bits per heavy atom. The van der Waals surface area contributed by atoms with Crippen LogP contribution in [0.5, 0.6) is 5.95 Å². The monoisotopic (exact) mass is 413 g/mol. The number of rotatable bonds is 6. The molecule has 0 aliphatic carbocycles. The van der Waals surface area contributed by atoms with Gasteiger partial charge in [0.15, 0.2) is 9.84 Å². The highest BCUT2D eigenvalue weighted by molar-refractivity contribution is 7.90. The highest BCUT2D eigenvalue weighted by Crippen LogP contribution is 2.33. The molecule has 3 aromatic rings. The maximum Gasteiger partial charge on any atom is 0.347 e. The summed E-state index contributed by atoms with van der Waals surface area (Å²) in [6, 6.07) is 15.7. The van der Waals surface area contributed by atoms with Crippen LogP contribution in [-0.4, -0.2) is 35.4 Å². The van der Waals surface area contributed by atoms with Gasteiger partial charge in [-0.15, -0.1) is 0 Å². The Morgan fingerprint density at radius 2 is 1.55 bits per heavy atom. The predicted octanol–water partition coefficient (Wildman–Crippen LogP) is 3.84. The van der Waals surface area contributed by atoms with Crippen molar-refractivity contribution in [1.29, 1.82) is 0 Å². The minimum Gasteiger partial charge on any atom is -0.465 e. The summed E-state index contributed by atoms with van der Waals surface area (Å²) in [5.74, 6) is 0.140. The Morgan fingerprint density at radius 3 is 2.07 bits per heavy atom. The number of benzene rings is 2. The molecule has 1 heterocycles. The first-order valence-corrected chi connectivity index (χ1v) is 11.0. The molecule has 3 rings (SSSR count). The van der Waals surface area contributed by atoms with Gasteiger partial charge in [-0.05, 0) is 42.3 Å². The summed E-state index contributed by atoms with van der Waals surface area (Å²) in [6.07, 6.45) is 1.14. The third kappa shape index (κ3) is 4.51. The third-order valence-electron chi connectivity index (χ3n) is 4.48. The van der Waals surface area contributed by atoms with Crippen molar-refractivity contribution < 1.29 is 17.6 Å². The molecule has 29 heavy (non-hydrogen) atoms. The minimum absolute atomic E-state index is 0.140. The zero-order valence-electron chi connectivity index (χ0n) is 16.8. The summed E-state index contributed by atoms with van der Waals surface area (Å²) >= 11 is 0. The maximum absolute atomic E-state index is 12.8. The Balaban J connectivity index is 2.19. The molecule has 0 fully saturated rings. The van der Waals surface area contributed by atoms with Gasteiger partial charge >= 0.3 is 5.63 Å². The Hall–Kier alpha value is -3.06.